The number of fused-ring (bicyclic) bond motifs is 2. The van der Waals surface area contributed by atoms with Crippen molar-refractivity contribution in [1.29, 1.82) is 0 Å². The molecule has 0 unspecified atom stereocenters. The van der Waals surface area contributed by atoms with Gasteiger partial charge >= 0.3 is 5.97 Å². The Hall–Kier alpha value is -3.34. The summed E-state index contributed by atoms with van der Waals surface area (Å²) in [5, 5.41) is 9.68. The Morgan fingerprint density at radius 1 is 0.917 bits per heavy atom. The van der Waals surface area contributed by atoms with Gasteiger partial charge in [-0.15, -0.1) is 0 Å². The van der Waals surface area contributed by atoms with E-state index in [0.717, 1.165) is 0 Å². The van der Waals surface area contributed by atoms with E-state index >= 15 is 0 Å². The Morgan fingerprint density at radius 3 is 2.21 bits per heavy atom. The third-order valence-corrected chi connectivity index (χ3v) is 4.24. The quantitative estimate of drug-likeness (QED) is 0.734. The first kappa shape index (κ1) is 14.3. The lowest BCUT2D eigenvalue weighted by Crippen LogP contribution is -2.14. The van der Waals surface area contributed by atoms with E-state index in [1.54, 1.807) is 42.5 Å². The SMILES string of the molecule is O=C(O)c1ccc2nc(C3C(=O)c4ccccc4C3=O)ccc2c1. The molecule has 1 heterocycles. The summed E-state index contributed by atoms with van der Waals surface area (Å²) in [6.07, 6.45) is 0. The second-order valence-corrected chi connectivity index (χ2v) is 5.66. The number of carboxylic acids is 1. The molecule has 5 nitrogen and oxygen atoms in total. The van der Waals surface area contributed by atoms with Crippen LogP contribution in [0.3, 0.4) is 0 Å². The van der Waals surface area contributed by atoms with Gasteiger partial charge in [0.2, 0.25) is 0 Å². The molecule has 3 aromatic rings. The molecule has 0 amide bonds. The summed E-state index contributed by atoms with van der Waals surface area (Å²) in [4.78, 5) is 40.5. The molecule has 0 saturated carbocycles. The fraction of sp³-hybridized carbons (Fsp3) is 0.0526. The van der Waals surface area contributed by atoms with Gasteiger partial charge in [-0.2, -0.15) is 0 Å². The number of ketones is 2. The summed E-state index contributed by atoms with van der Waals surface area (Å²) in [7, 11) is 0. The van der Waals surface area contributed by atoms with Crippen LogP contribution in [0.1, 0.15) is 42.7 Å². The molecule has 0 bridgehead atoms. The van der Waals surface area contributed by atoms with Gasteiger partial charge in [-0.25, -0.2) is 4.79 Å². The molecule has 0 spiro atoms. The highest BCUT2D eigenvalue weighted by Crippen LogP contribution is 2.33. The summed E-state index contributed by atoms with van der Waals surface area (Å²) in [5.41, 5.74) is 1.95. The minimum absolute atomic E-state index is 0.164. The standard InChI is InChI=1S/C19H11NO4/c21-17-12-3-1-2-4-13(12)18(22)16(17)15-8-5-10-9-11(19(23)24)6-7-14(10)20-15/h1-9,16H,(H,23,24). The zero-order chi connectivity index (χ0) is 16.8. The van der Waals surface area contributed by atoms with E-state index in [1.807, 2.05) is 0 Å². The van der Waals surface area contributed by atoms with Crippen LogP contribution in [-0.2, 0) is 0 Å². The van der Waals surface area contributed by atoms with Crippen LogP contribution in [0.2, 0.25) is 0 Å². The van der Waals surface area contributed by atoms with Crippen molar-refractivity contribution < 1.29 is 19.5 Å². The van der Waals surface area contributed by atoms with Crippen LogP contribution < -0.4 is 0 Å². The average Bonchev–Trinajstić information content (AvgIpc) is 2.85. The van der Waals surface area contributed by atoms with Gasteiger partial charge < -0.3 is 5.11 Å². The van der Waals surface area contributed by atoms with Crippen molar-refractivity contribution in [3.63, 3.8) is 0 Å². The molecule has 1 aliphatic carbocycles. The lowest BCUT2D eigenvalue weighted by Gasteiger charge is -2.08. The molecule has 1 aliphatic rings. The van der Waals surface area contributed by atoms with Crippen LogP contribution >= 0.6 is 0 Å². The molecule has 0 fully saturated rings. The number of rotatable bonds is 2. The summed E-state index contributed by atoms with van der Waals surface area (Å²) < 4.78 is 0. The van der Waals surface area contributed by atoms with Gasteiger partial charge in [-0.1, -0.05) is 30.3 Å². The lowest BCUT2D eigenvalue weighted by molar-refractivity contribution is 0.0696. The molecule has 4 rings (SSSR count). The number of benzene rings is 2. The normalized spacial score (nSPS) is 14.2. The highest BCUT2D eigenvalue weighted by Gasteiger charge is 2.40. The van der Waals surface area contributed by atoms with Gasteiger partial charge in [0.25, 0.3) is 0 Å². The smallest absolute Gasteiger partial charge is 0.335 e. The summed E-state index contributed by atoms with van der Waals surface area (Å²) in [6.45, 7) is 0. The van der Waals surface area contributed by atoms with Crippen LogP contribution in [0, 0.1) is 0 Å². The van der Waals surface area contributed by atoms with E-state index in [4.69, 9.17) is 5.11 Å². The first-order chi connectivity index (χ1) is 11.6. The second kappa shape index (κ2) is 5.09. The molecule has 24 heavy (non-hydrogen) atoms. The number of hydrogen-bond donors (Lipinski definition) is 1. The third kappa shape index (κ3) is 2.02. The first-order valence-electron chi connectivity index (χ1n) is 7.38. The average molecular weight is 317 g/mol. The zero-order valence-corrected chi connectivity index (χ0v) is 12.4. The van der Waals surface area contributed by atoms with E-state index < -0.39 is 11.9 Å². The largest absolute Gasteiger partial charge is 0.478 e. The summed E-state index contributed by atoms with van der Waals surface area (Å²) >= 11 is 0. The van der Waals surface area contributed by atoms with Crippen LogP contribution in [0.15, 0.2) is 54.6 Å². The van der Waals surface area contributed by atoms with Crippen LogP contribution in [0.4, 0.5) is 0 Å². The molecule has 0 radical (unpaired) electrons. The molecule has 1 aromatic heterocycles. The number of aromatic nitrogens is 1. The number of Topliss-reactive ketones (excluding diaryl/α,β-unsaturated/α-hetero) is 2. The van der Waals surface area contributed by atoms with Crippen LogP contribution in [0.5, 0.6) is 0 Å². The predicted molar refractivity (Wildman–Crippen MR) is 86.5 cm³/mol. The monoisotopic (exact) mass is 317 g/mol. The molecular formula is C19H11NO4. The second-order valence-electron chi connectivity index (χ2n) is 5.66. The Kier molecular flexibility index (Phi) is 3.03. The lowest BCUT2D eigenvalue weighted by atomic mass is 9.98. The van der Waals surface area contributed by atoms with E-state index in [-0.39, 0.29) is 17.1 Å². The van der Waals surface area contributed by atoms with Gasteiger partial charge in [0.15, 0.2) is 11.6 Å². The summed E-state index contributed by atoms with van der Waals surface area (Å²) in [6, 6.07) is 14.6. The highest BCUT2D eigenvalue weighted by atomic mass is 16.4. The van der Waals surface area contributed by atoms with Gasteiger partial charge in [0.05, 0.1) is 16.8 Å². The molecule has 0 saturated heterocycles. The van der Waals surface area contributed by atoms with E-state index in [2.05, 4.69) is 4.98 Å². The molecular weight excluding hydrogens is 306 g/mol. The number of hydrogen-bond acceptors (Lipinski definition) is 4. The number of pyridine rings is 1. The highest BCUT2D eigenvalue weighted by molar-refractivity contribution is 6.29. The molecule has 5 heteroatoms. The number of nitrogens with zero attached hydrogens (tertiary/aromatic N) is 1. The van der Waals surface area contributed by atoms with Crippen molar-refractivity contribution in [2.75, 3.05) is 0 Å². The van der Waals surface area contributed by atoms with Crippen LogP contribution in [0.25, 0.3) is 10.9 Å². The number of carbonyl (C=O) groups excluding carboxylic acids is 2. The van der Waals surface area contributed by atoms with E-state index in [1.165, 1.54) is 12.1 Å². The van der Waals surface area contributed by atoms with Gasteiger partial charge in [-0.3, -0.25) is 14.6 Å². The molecule has 2 aromatic carbocycles. The number of aromatic carboxylic acids is 1. The molecule has 0 atom stereocenters. The predicted octanol–water partition coefficient (Wildman–Crippen LogP) is 3.10. The van der Waals surface area contributed by atoms with Crippen molar-refractivity contribution in [1.82, 2.24) is 4.98 Å². The Morgan fingerprint density at radius 2 is 1.58 bits per heavy atom. The third-order valence-electron chi connectivity index (χ3n) is 4.24. The van der Waals surface area contributed by atoms with Crippen molar-refractivity contribution in [2.24, 2.45) is 0 Å². The Labute approximate surface area is 136 Å². The fourth-order valence-corrected chi connectivity index (χ4v) is 3.05. The maximum absolute atomic E-state index is 12.5. The van der Waals surface area contributed by atoms with E-state index in [0.29, 0.717) is 27.7 Å². The summed E-state index contributed by atoms with van der Waals surface area (Å²) in [5.74, 6) is -2.43. The van der Waals surface area contributed by atoms with Gasteiger partial charge in [0.1, 0.15) is 5.92 Å². The zero-order valence-electron chi connectivity index (χ0n) is 12.4. The minimum Gasteiger partial charge on any atom is -0.478 e. The first-order valence-corrected chi connectivity index (χ1v) is 7.38. The Balaban J connectivity index is 1.81. The maximum atomic E-state index is 12.5. The maximum Gasteiger partial charge on any atom is 0.335 e. The number of carboxylic acid groups (broad SMARTS) is 1. The van der Waals surface area contributed by atoms with Crippen molar-refractivity contribution in [2.45, 2.75) is 5.92 Å². The van der Waals surface area contributed by atoms with Gasteiger partial charge in [-0.05, 0) is 24.3 Å². The minimum atomic E-state index is -1.02. The van der Waals surface area contributed by atoms with Crippen molar-refractivity contribution in [3.8, 4) is 0 Å². The molecule has 116 valence electrons. The molecule has 0 aliphatic heterocycles. The van der Waals surface area contributed by atoms with Gasteiger partial charge in [0, 0.05) is 16.5 Å². The fourth-order valence-electron chi connectivity index (χ4n) is 3.05. The molecule has 1 N–H and O–H groups in total. The van der Waals surface area contributed by atoms with Crippen molar-refractivity contribution in [3.05, 3.63) is 77.0 Å². The van der Waals surface area contributed by atoms with Crippen LogP contribution in [-0.4, -0.2) is 27.6 Å². The topological polar surface area (TPSA) is 84.3 Å². The number of carbonyl (C=O) groups is 3. The Bertz CT molecular complexity index is 1000. The van der Waals surface area contributed by atoms with Crippen molar-refractivity contribution >= 4 is 28.4 Å². The van der Waals surface area contributed by atoms with E-state index in [9.17, 15) is 14.4 Å².